The molecule has 9 nitrogen and oxygen atoms in total. The second kappa shape index (κ2) is 11.8. The van der Waals surface area contributed by atoms with Gasteiger partial charge < -0.3 is 30.1 Å². The minimum Gasteiger partial charge on any atom is -0.494 e. The number of hydrogen-bond acceptors (Lipinski definition) is 8. The molecule has 12 heteroatoms. The number of aryl methyl sites for hydroxylation is 1. The molecule has 0 spiro atoms. The van der Waals surface area contributed by atoms with Crippen LogP contribution in [0.3, 0.4) is 0 Å². The van der Waals surface area contributed by atoms with Gasteiger partial charge in [-0.05, 0) is 30.7 Å². The first-order chi connectivity index (χ1) is 20.1. The quantitative estimate of drug-likeness (QED) is 0.434. The van der Waals surface area contributed by atoms with Crippen molar-refractivity contribution in [1.29, 1.82) is 0 Å². The van der Waals surface area contributed by atoms with E-state index in [0.29, 0.717) is 48.6 Å². The van der Waals surface area contributed by atoms with Crippen molar-refractivity contribution in [2.45, 2.75) is 25.4 Å². The summed E-state index contributed by atoms with van der Waals surface area (Å²) in [5.41, 5.74) is 7.99. The molecule has 0 saturated carbocycles. The van der Waals surface area contributed by atoms with Crippen molar-refractivity contribution in [2.24, 2.45) is 5.73 Å². The lowest BCUT2D eigenvalue weighted by atomic mass is 10.0. The number of likely N-dealkylation sites (N-methyl/N-ethyl adjacent to an activating group) is 1. The lowest BCUT2D eigenvalue weighted by Crippen LogP contribution is -2.51. The third-order valence-electron chi connectivity index (χ3n) is 7.92. The highest BCUT2D eigenvalue weighted by atomic mass is 19.4. The molecule has 2 unspecified atom stereocenters. The first-order valence-corrected chi connectivity index (χ1v) is 13.7. The zero-order valence-electron chi connectivity index (χ0n) is 23.7. The summed E-state index contributed by atoms with van der Waals surface area (Å²) in [6, 6.07) is 13.4. The molecule has 1 saturated heterocycles. The predicted octanol–water partition coefficient (Wildman–Crippen LogP) is 3.58. The minimum atomic E-state index is -4.62. The number of benzene rings is 2. The highest BCUT2D eigenvalue weighted by Gasteiger charge is 2.40. The summed E-state index contributed by atoms with van der Waals surface area (Å²) in [7, 11) is 3.06. The molecule has 1 aromatic heterocycles. The third kappa shape index (κ3) is 5.49. The van der Waals surface area contributed by atoms with Gasteiger partial charge in [-0.1, -0.05) is 35.9 Å². The second-order valence-electron chi connectivity index (χ2n) is 10.4. The van der Waals surface area contributed by atoms with Gasteiger partial charge in [0.15, 0.2) is 6.23 Å². The first kappa shape index (κ1) is 29.6. The van der Waals surface area contributed by atoms with Gasteiger partial charge in [0.05, 0.1) is 26.3 Å². The lowest BCUT2D eigenvalue weighted by Gasteiger charge is -2.39. The average molecular weight is 586 g/mol. The molecule has 2 aromatic carbocycles. The number of amides is 1. The first-order valence-electron chi connectivity index (χ1n) is 13.7. The van der Waals surface area contributed by atoms with Crippen LogP contribution in [0.2, 0.25) is 0 Å². The fraction of sp³-hybridized carbons (Fsp3) is 0.400. The normalized spacial score (nSPS) is 18.9. The van der Waals surface area contributed by atoms with Crippen molar-refractivity contribution in [3.05, 3.63) is 82.4 Å². The Balaban J connectivity index is 1.36. The van der Waals surface area contributed by atoms with Crippen molar-refractivity contribution in [1.82, 2.24) is 19.7 Å². The number of aliphatic hydroxyl groups excluding tert-OH is 1. The van der Waals surface area contributed by atoms with Gasteiger partial charge >= 0.3 is 6.18 Å². The van der Waals surface area contributed by atoms with Gasteiger partial charge in [0.25, 0.3) is 5.91 Å². The Labute approximate surface area is 241 Å². The summed E-state index contributed by atoms with van der Waals surface area (Å²) >= 11 is 0. The number of methoxy groups -OCH3 is 1. The van der Waals surface area contributed by atoms with E-state index in [1.807, 2.05) is 31.2 Å². The molecule has 2 atom stereocenters. The van der Waals surface area contributed by atoms with Crippen LogP contribution in [0.5, 0.6) is 5.75 Å². The summed E-state index contributed by atoms with van der Waals surface area (Å²) in [6.07, 6.45) is -5.43. The van der Waals surface area contributed by atoms with Crippen LogP contribution in [0.1, 0.15) is 34.7 Å². The maximum atomic E-state index is 13.8. The van der Waals surface area contributed by atoms with Crippen molar-refractivity contribution in [2.75, 3.05) is 53.5 Å². The number of rotatable bonds is 7. The number of piperazine rings is 1. The number of fused-ring (bicyclic) bond motifs is 1. The number of ether oxygens (including phenoxy) is 2. The van der Waals surface area contributed by atoms with Crippen LogP contribution < -0.4 is 10.5 Å². The number of alkyl halides is 3. The standard InChI is InChI=1S/C30H34F3N5O4/c1-18-4-6-19(7-5-18)22(17-39)37-12-14-38(15-13-37)28(40)27-24(16-34)42-29(36(27)2)21-8-10-23(41-3)26-20(21)9-11-25(35-26)30(31,32)33/h4-11,22,29,39H,12-17,34H2,1-3H3. The number of nitrogens with zero attached hydrogens (tertiary/aromatic N) is 4. The van der Waals surface area contributed by atoms with Gasteiger partial charge in [0.2, 0.25) is 0 Å². The molecule has 2 aliphatic rings. The number of carbonyl (C=O) groups is 1. The third-order valence-corrected chi connectivity index (χ3v) is 7.92. The van der Waals surface area contributed by atoms with E-state index in [0.717, 1.165) is 17.2 Å². The Morgan fingerprint density at radius 3 is 2.40 bits per heavy atom. The number of aromatic nitrogens is 1. The molecule has 0 bridgehead atoms. The summed E-state index contributed by atoms with van der Waals surface area (Å²) < 4.78 is 51.7. The van der Waals surface area contributed by atoms with E-state index in [9.17, 15) is 23.1 Å². The van der Waals surface area contributed by atoms with E-state index in [1.54, 1.807) is 22.9 Å². The number of nitrogens with two attached hydrogens (primary N) is 1. The van der Waals surface area contributed by atoms with Crippen molar-refractivity contribution in [3.8, 4) is 5.75 Å². The van der Waals surface area contributed by atoms with Crippen LogP contribution in [-0.4, -0.2) is 84.2 Å². The molecule has 0 radical (unpaired) electrons. The van der Waals surface area contributed by atoms with Crippen molar-refractivity contribution < 1.29 is 32.5 Å². The topological polar surface area (TPSA) is 104 Å². The molecule has 1 fully saturated rings. The van der Waals surface area contributed by atoms with Crippen LogP contribution in [0.25, 0.3) is 10.9 Å². The molecule has 3 aromatic rings. The Morgan fingerprint density at radius 1 is 1.12 bits per heavy atom. The maximum absolute atomic E-state index is 13.8. The average Bonchev–Trinajstić information content (AvgIpc) is 3.32. The fourth-order valence-electron chi connectivity index (χ4n) is 5.63. The summed E-state index contributed by atoms with van der Waals surface area (Å²) in [4.78, 5) is 23.2. The zero-order chi connectivity index (χ0) is 30.2. The molecule has 5 rings (SSSR count). The number of hydrogen-bond donors (Lipinski definition) is 2. The maximum Gasteiger partial charge on any atom is 0.433 e. The van der Waals surface area contributed by atoms with Crippen LogP contribution in [0.15, 0.2) is 60.0 Å². The zero-order valence-corrected chi connectivity index (χ0v) is 23.7. The van der Waals surface area contributed by atoms with Gasteiger partial charge in [-0.2, -0.15) is 13.2 Å². The molecule has 1 amide bonds. The fourth-order valence-corrected chi connectivity index (χ4v) is 5.63. The van der Waals surface area contributed by atoms with Gasteiger partial charge in [-0.25, -0.2) is 4.98 Å². The van der Waals surface area contributed by atoms with Gasteiger partial charge in [0, 0.05) is 44.2 Å². The molecule has 42 heavy (non-hydrogen) atoms. The highest BCUT2D eigenvalue weighted by Crippen LogP contribution is 2.41. The molecule has 224 valence electrons. The monoisotopic (exact) mass is 585 g/mol. The summed E-state index contributed by atoms with van der Waals surface area (Å²) in [5.74, 6) is 0.242. The van der Waals surface area contributed by atoms with E-state index in [-0.39, 0.29) is 36.4 Å². The predicted molar refractivity (Wildman–Crippen MR) is 150 cm³/mol. The molecule has 3 N–H and O–H groups in total. The van der Waals surface area contributed by atoms with Gasteiger partial charge in [-0.15, -0.1) is 0 Å². The minimum absolute atomic E-state index is 0.0348. The van der Waals surface area contributed by atoms with Crippen LogP contribution in [0.4, 0.5) is 13.2 Å². The Bertz CT molecular complexity index is 1490. The van der Waals surface area contributed by atoms with E-state index in [4.69, 9.17) is 15.2 Å². The lowest BCUT2D eigenvalue weighted by molar-refractivity contribution is -0.141. The summed E-state index contributed by atoms with van der Waals surface area (Å²) in [6.45, 7) is 3.96. The number of aliphatic hydroxyl groups is 1. The molecule has 2 aliphatic heterocycles. The van der Waals surface area contributed by atoms with E-state index < -0.39 is 18.1 Å². The molecule has 0 aliphatic carbocycles. The molecular weight excluding hydrogens is 551 g/mol. The van der Waals surface area contributed by atoms with Crippen LogP contribution >= 0.6 is 0 Å². The van der Waals surface area contributed by atoms with Gasteiger partial charge in [-0.3, -0.25) is 9.69 Å². The SMILES string of the molecule is COc1ccc(C2OC(CN)=C(C(=O)N3CCN(C(CO)c4ccc(C)cc4)CC3)N2C)c2ccc(C(F)(F)F)nc12. The molecule has 3 heterocycles. The van der Waals surface area contributed by atoms with Crippen LogP contribution in [-0.2, 0) is 15.7 Å². The molecular formula is C30H34F3N5O4. The number of halogens is 3. The van der Waals surface area contributed by atoms with Crippen molar-refractivity contribution in [3.63, 3.8) is 0 Å². The second-order valence-corrected chi connectivity index (χ2v) is 10.4. The Morgan fingerprint density at radius 2 is 1.81 bits per heavy atom. The largest absolute Gasteiger partial charge is 0.494 e. The Hall–Kier alpha value is -3.87. The van der Waals surface area contributed by atoms with E-state index in [1.165, 1.54) is 19.2 Å². The van der Waals surface area contributed by atoms with Crippen molar-refractivity contribution >= 4 is 16.8 Å². The number of pyridine rings is 1. The number of carbonyl (C=O) groups excluding carboxylic acids is 1. The van der Waals surface area contributed by atoms with Crippen LogP contribution in [0, 0.1) is 6.92 Å². The Kier molecular flexibility index (Phi) is 8.31. The summed E-state index contributed by atoms with van der Waals surface area (Å²) in [5, 5.41) is 10.5. The van der Waals surface area contributed by atoms with E-state index in [2.05, 4.69) is 9.88 Å². The smallest absolute Gasteiger partial charge is 0.433 e. The van der Waals surface area contributed by atoms with E-state index >= 15 is 0 Å². The highest BCUT2D eigenvalue weighted by molar-refractivity contribution is 5.94. The van der Waals surface area contributed by atoms with Gasteiger partial charge in [0.1, 0.15) is 28.4 Å².